The number of anilines is 1. The fraction of sp³-hybridized carbons (Fsp3) is 0.515. The Hall–Kier alpha value is -4.00. The number of aliphatic hydroxyl groups is 1. The van der Waals surface area contributed by atoms with E-state index in [0.29, 0.717) is 64.7 Å². The van der Waals surface area contributed by atoms with E-state index in [1.165, 1.54) is 37.6 Å². The summed E-state index contributed by atoms with van der Waals surface area (Å²) in [6, 6.07) is 9.63. The van der Waals surface area contributed by atoms with E-state index >= 15 is 0 Å². The van der Waals surface area contributed by atoms with Crippen LogP contribution in [-0.4, -0.2) is 74.7 Å². The highest BCUT2D eigenvalue weighted by molar-refractivity contribution is 7.20. The molecule has 2 fully saturated rings. The molecule has 1 aliphatic heterocycles. The Morgan fingerprint density at radius 3 is 2.53 bits per heavy atom. The quantitative estimate of drug-likeness (QED) is 0.245. The van der Waals surface area contributed by atoms with Crippen LogP contribution in [0.3, 0.4) is 0 Å². The maximum atomic E-state index is 14.1. The van der Waals surface area contributed by atoms with E-state index < -0.39 is 40.9 Å². The number of hydrogen-bond acceptors (Lipinski definition) is 12. The number of oxazole rings is 1. The van der Waals surface area contributed by atoms with Crippen molar-refractivity contribution in [2.45, 2.75) is 88.1 Å². The molecule has 3 heterocycles. The lowest BCUT2D eigenvalue weighted by atomic mass is 9.85. The first-order chi connectivity index (χ1) is 22.2. The second kappa shape index (κ2) is 11.9. The van der Waals surface area contributed by atoms with E-state index in [1.54, 1.807) is 18.9 Å². The summed E-state index contributed by atoms with van der Waals surface area (Å²) < 4.78 is 18.2. The van der Waals surface area contributed by atoms with Gasteiger partial charge in [0.2, 0.25) is 12.2 Å². The van der Waals surface area contributed by atoms with Crippen molar-refractivity contribution in [3.63, 3.8) is 0 Å². The lowest BCUT2D eigenvalue weighted by Gasteiger charge is -2.47. The summed E-state index contributed by atoms with van der Waals surface area (Å²) in [7, 11) is 1.56. The minimum absolute atomic E-state index is 0.0156. The van der Waals surface area contributed by atoms with E-state index in [0.717, 1.165) is 4.90 Å². The first kappa shape index (κ1) is 32.9. The summed E-state index contributed by atoms with van der Waals surface area (Å²) >= 11 is 1.22. The fourth-order valence-corrected chi connectivity index (χ4v) is 8.94. The van der Waals surface area contributed by atoms with Gasteiger partial charge in [-0.25, -0.2) is 9.78 Å². The molecule has 0 radical (unpaired) electrons. The minimum atomic E-state index is -1.77. The number of hydrogen-bond donors (Lipinski definition) is 4. The third-order valence-electron chi connectivity index (χ3n) is 10.1. The topological polar surface area (TPSA) is 201 Å². The molecule has 6 N–H and O–H groups in total. The Balaban J connectivity index is 1.41. The van der Waals surface area contributed by atoms with Crippen LogP contribution >= 0.6 is 11.3 Å². The number of carbonyl (C=O) groups excluding carboxylic acids is 1. The average Bonchev–Trinajstić information content (AvgIpc) is 3.75. The smallest absolute Gasteiger partial charge is 0.329 e. The Bertz CT molecular complexity index is 1700. The van der Waals surface area contributed by atoms with Crippen molar-refractivity contribution in [1.29, 1.82) is 5.26 Å². The van der Waals surface area contributed by atoms with Crippen molar-refractivity contribution in [3.8, 4) is 22.6 Å². The molecular weight excluding hydrogens is 624 g/mol. The van der Waals surface area contributed by atoms with Gasteiger partial charge in [-0.2, -0.15) is 5.26 Å². The number of rotatable bonds is 10. The van der Waals surface area contributed by atoms with Crippen molar-refractivity contribution in [2.24, 2.45) is 17.4 Å². The molecule has 3 unspecified atom stereocenters. The van der Waals surface area contributed by atoms with E-state index in [2.05, 4.69) is 11.1 Å². The van der Waals surface area contributed by atoms with Crippen molar-refractivity contribution < 1.29 is 33.7 Å². The van der Waals surface area contributed by atoms with E-state index in [9.17, 15) is 25.1 Å². The number of ether oxygens (including phenoxy) is 2. The molecule has 0 saturated heterocycles. The van der Waals surface area contributed by atoms with Gasteiger partial charge >= 0.3 is 5.97 Å². The van der Waals surface area contributed by atoms with Gasteiger partial charge in [-0.05, 0) is 64.0 Å². The summed E-state index contributed by atoms with van der Waals surface area (Å²) in [6.07, 6.45) is 2.81. The van der Waals surface area contributed by atoms with Gasteiger partial charge in [0.05, 0.1) is 42.5 Å². The van der Waals surface area contributed by atoms with Gasteiger partial charge in [-0.15, -0.1) is 11.3 Å². The van der Waals surface area contributed by atoms with Crippen LogP contribution in [0.2, 0.25) is 0 Å². The number of thiophene rings is 1. The largest absolute Gasteiger partial charge is 0.496 e. The third kappa shape index (κ3) is 5.36. The second-order valence-electron chi connectivity index (χ2n) is 13.5. The van der Waals surface area contributed by atoms with Crippen LogP contribution in [0.4, 0.5) is 5.00 Å². The van der Waals surface area contributed by atoms with Gasteiger partial charge in [0.15, 0.2) is 0 Å². The maximum Gasteiger partial charge on any atom is 0.329 e. The lowest BCUT2D eigenvalue weighted by molar-refractivity contribution is -0.154. The number of methoxy groups -OCH3 is 1. The standard InChI is InChI=1S/C33H40N6O7S/c1-18-24-27(40)39(31(2,3)29(41)42)30(43)38(28(24)47-25(18)26-37-11-12-45-26)17-23(21-7-5-6-8-22(21)44-4)46-20-15-32(35)13-19(9-10-34)14-33(32,36)16-20/h5-8,11-12,19-20,23,30,43H,9,13-17,35-36H2,1-4H3,(H,41,42)/t19?,20-,23?,30?,32-,33+. The van der Waals surface area contributed by atoms with Gasteiger partial charge in [0.25, 0.3) is 5.91 Å². The summed E-state index contributed by atoms with van der Waals surface area (Å²) in [5.41, 5.74) is 12.2. The number of amides is 1. The predicted octanol–water partition coefficient (Wildman–Crippen LogP) is 3.76. The molecule has 1 aromatic carbocycles. The Labute approximate surface area is 276 Å². The highest BCUT2D eigenvalue weighted by Crippen LogP contribution is 2.53. The third-order valence-corrected chi connectivity index (χ3v) is 11.5. The molecule has 0 spiro atoms. The molecule has 0 bridgehead atoms. The first-order valence-electron chi connectivity index (χ1n) is 15.5. The zero-order valence-electron chi connectivity index (χ0n) is 26.8. The van der Waals surface area contributed by atoms with Crippen LogP contribution in [0.5, 0.6) is 5.75 Å². The normalized spacial score (nSPS) is 27.8. The molecule has 3 aromatic rings. The van der Waals surface area contributed by atoms with Crippen LogP contribution < -0.4 is 21.1 Å². The SMILES string of the molecule is COc1ccccc1C(CN1c2sc(-c3ncco3)c(C)c2C(=O)N(C(C)(C)C(=O)O)C1O)O[C@@H]1C[C@]2(N)CC(CC#N)C[C@]2(N)C1. The maximum absolute atomic E-state index is 14.1. The lowest BCUT2D eigenvalue weighted by Crippen LogP contribution is -2.65. The Kier molecular flexibility index (Phi) is 8.34. The number of fused-ring (bicyclic) bond motifs is 2. The van der Waals surface area contributed by atoms with Gasteiger partial charge < -0.3 is 40.5 Å². The first-order valence-corrected chi connectivity index (χ1v) is 16.3. The number of nitrogens with two attached hydrogens (primary N) is 2. The monoisotopic (exact) mass is 664 g/mol. The number of carboxylic acid groups (broad SMARTS) is 1. The highest BCUT2D eigenvalue weighted by Gasteiger charge is 2.60. The van der Waals surface area contributed by atoms with Crippen LogP contribution in [0, 0.1) is 24.2 Å². The molecule has 14 heteroatoms. The van der Waals surface area contributed by atoms with Gasteiger partial charge in [-0.1, -0.05) is 18.2 Å². The molecule has 47 heavy (non-hydrogen) atoms. The van der Waals surface area contributed by atoms with Crippen LogP contribution in [0.15, 0.2) is 41.1 Å². The predicted molar refractivity (Wildman–Crippen MR) is 172 cm³/mol. The summed E-state index contributed by atoms with van der Waals surface area (Å²) in [4.78, 5) is 33.9. The average molecular weight is 665 g/mol. The molecule has 2 aromatic heterocycles. The number of carboxylic acids is 1. The van der Waals surface area contributed by atoms with E-state index in [1.807, 2.05) is 24.3 Å². The molecule has 1 amide bonds. The molecule has 2 saturated carbocycles. The number of nitriles is 1. The summed E-state index contributed by atoms with van der Waals surface area (Å²) in [5, 5.41) is 31.8. The summed E-state index contributed by atoms with van der Waals surface area (Å²) in [5.74, 6) is -0.908. The number of aliphatic hydroxyl groups excluding tert-OH is 1. The number of nitrogens with zero attached hydrogens (tertiary/aromatic N) is 4. The van der Waals surface area contributed by atoms with Gasteiger partial charge in [0, 0.05) is 23.1 Å². The summed E-state index contributed by atoms with van der Waals surface area (Å²) in [6.45, 7) is 4.52. The zero-order chi connectivity index (χ0) is 33.9. The Morgan fingerprint density at radius 2 is 1.94 bits per heavy atom. The molecule has 6 atom stereocenters. The van der Waals surface area contributed by atoms with Crippen LogP contribution in [-0.2, 0) is 9.53 Å². The highest BCUT2D eigenvalue weighted by atomic mass is 32.1. The second-order valence-corrected chi connectivity index (χ2v) is 14.5. The number of carbonyl (C=O) groups is 2. The van der Waals surface area contributed by atoms with E-state index in [-0.39, 0.29) is 24.1 Å². The van der Waals surface area contributed by atoms with E-state index in [4.69, 9.17) is 25.4 Å². The van der Waals surface area contributed by atoms with Crippen LogP contribution in [0.1, 0.15) is 73.5 Å². The van der Waals surface area contributed by atoms with Crippen molar-refractivity contribution in [2.75, 3.05) is 18.6 Å². The minimum Gasteiger partial charge on any atom is -0.496 e. The number of benzene rings is 1. The molecule has 3 aliphatic rings. The number of para-hydroxylation sites is 1. The van der Waals surface area contributed by atoms with Crippen molar-refractivity contribution >= 4 is 28.2 Å². The van der Waals surface area contributed by atoms with Crippen LogP contribution in [0.25, 0.3) is 10.8 Å². The molecule has 2 aliphatic carbocycles. The fourth-order valence-electron chi connectivity index (χ4n) is 7.68. The Morgan fingerprint density at radius 1 is 1.26 bits per heavy atom. The molecule has 6 rings (SSSR count). The number of aromatic nitrogens is 1. The zero-order valence-corrected chi connectivity index (χ0v) is 27.6. The molecule has 250 valence electrons. The van der Waals surface area contributed by atoms with Gasteiger partial charge in [-0.3, -0.25) is 9.69 Å². The molecular formula is C33H40N6O7S. The molecule has 13 nitrogen and oxygen atoms in total. The van der Waals surface area contributed by atoms with Gasteiger partial charge in [0.1, 0.15) is 28.7 Å². The number of aliphatic carboxylic acids is 1. The van der Waals surface area contributed by atoms with Crippen molar-refractivity contribution in [1.82, 2.24) is 9.88 Å². The van der Waals surface area contributed by atoms with Crippen molar-refractivity contribution in [3.05, 3.63) is 53.4 Å².